The highest BCUT2D eigenvalue weighted by atomic mass is 32.2. The standard InChI is InChI=1S/C62H100N16O16S/c1-38(79)54-61(90)71-45(12-2-4-16-51(65)66)58(87)69-44(57(86)68-24-11-27-93-29-31-94-30-28-92-26-10-23-67-52(82)17-5-3-15-50-55-48(37-95-50)73-62(91)75-55)14-7-9-25-78-36-41(76-77-78)34-43(64)49(81)33-40(32-39-18-20-42(80)21-19-39)56(85)72-47(35-53(83)84)60(89)70-46(59(88)74-54)13-6-8-22-63/h18-21,36,38,40,43-48,50,54-55,79-80H,2-17,22-35,37,63-64H2,1H3,(H3,65,66)(H,67,82)(H,68,86)(H,69,87)(H,70,89)(H,71,90)(H,72,85)(H,74,88)(H,83,84)(H2,73,75,91)/t38?,40-,43+,44+,45+,46+,47+,48-,50?,54+,55-/m1/s1. The Bertz CT molecular complexity index is 2800. The fourth-order valence-electron chi connectivity index (χ4n) is 11.0. The van der Waals surface area contributed by atoms with E-state index in [0.717, 1.165) is 25.0 Å². The molecule has 3 aliphatic heterocycles. The maximum absolute atomic E-state index is 14.4. The maximum atomic E-state index is 14.4. The van der Waals surface area contributed by atoms with Gasteiger partial charge in [-0.2, -0.15) is 11.8 Å². The van der Waals surface area contributed by atoms with Gasteiger partial charge in [0, 0.05) is 81.6 Å². The predicted octanol–water partition coefficient (Wildman–Crippen LogP) is -1.45. The number of phenols is 1. The zero-order chi connectivity index (χ0) is 69.1. The molecule has 0 saturated carbocycles. The van der Waals surface area contributed by atoms with Crippen molar-refractivity contribution in [2.75, 3.05) is 65.0 Å². The Morgan fingerprint density at radius 3 is 2.00 bits per heavy atom. The number of carboxylic acids is 1. The number of ketones is 1. The molecule has 2 bridgehead atoms. The first kappa shape index (κ1) is 78.1. The van der Waals surface area contributed by atoms with E-state index in [4.69, 9.17) is 36.8 Å². The Morgan fingerprint density at radius 1 is 0.726 bits per heavy atom. The Hall–Kier alpha value is -7.56. The zero-order valence-electron chi connectivity index (χ0n) is 54.3. The molecule has 0 spiro atoms. The number of fused-ring (bicyclic) bond motifs is 3. The number of hydrogen-bond acceptors (Lipinski definition) is 21. The Morgan fingerprint density at radius 2 is 1.34 bits per heavy atom. The topological polar surface area (TPSA) is 500 Å². The van der Waals surface area contributed by atoms with Crippen molar-refractivity contribution in [2.24, 2.45) is 23.1 Å². The minimum absolute atomic E-state index is 0.00381. The molecule has 0 radical (unpaired) electrons. The summed E-state index contributed by atoms with van der Waals surface area (Å²) >= 11 is 1.86. The summed E-state index contributed by atoms with van der Waals surface area (Å²) in [4.78, 5) is 135. The number of amides is 9. The number of aliphatic hydroxyl groups is 1. The van der Waals surface area contributed by atoms with Gasteiger partial charge in [0.1, 0.15) is 36.0 Å². The molecule has 19 N–H and O–H groups in total. The molecular formula is C62H100N16O16S. The van der Waals surface area contributed by atoms with Crippen LogP contribution in [-0.4, -0.2) is 220 Å². The number of aromatic hydroxyl groups is 1. The average molecular weight is 1360 g/mol. The first-order chi connectivity index (χ1) is 45.6. The van der Waals surface area contributed by atoms with Crippen molar-refractivity contribution < 1.29 is 77.5 Å². The van der Waals surface area contributed by atoms with Gasteiger partial charge < -0.3 is 94.6 Å². The molecule has 5 rings (SSSR count). The number of thioether (sulfide) groups is 1. The van der Waals surface area contributed by atoms with E-state index in [2.05, 4.69) is 58.2 Å². The number of benzene rings is 1. The van der Waals surface area contributed by atoms with E-state index in [9.17, 15) is 63.3 Å². The molecular weight excluding hydrogens is 1260 g/mol. The lowest BCUT2D eigenvalue weighted by molar-refractivity contribution is -0.142. The number of unbranched alkanes of at least 4 members (excludes halogenated alkanes) is 3. The number of nitrogens with two attached hydrogens (primary N) is 3. The van der Waals surface area contributed by atoms with Crippen LogP contribution in [0, 0.1) is 11.3 Å². The number of nitrogens with one attached hydrogen (secondary N) is 10. The molecule has 11 atom stereocenters. The number of nitrogens with zero attached hydrogens (tertiary/aromatic N) is 3. The van der Waals surface area contributed by atoms with Gasteiger partial charge in [0.15, 0.2) is 5.78 Å². The SMILES string of the molecule is CC(O)[C@@H]1NC(=O)[C@H](CCCCN)NC(=O)[C@H](CC(=O)O)NC(=O)[C@H](Cc2ccc(O)cc2)CC(=O)[C@@H](N)Cc2cn(nn2)CCCC[C@@H](C(=O)NCCCOCCOCCOCCCNC(=O)CCCCC2SC[C@H]3NC(=O)N[C@@H]23)NC(=O)[C@H](CCCCC(=N)N)NC1=O. The van der Waals surface area contributed by atoms with Crippen LogP contribution in [-0.2, 0) is 76.7 Å². The molecule has 2 aromatic rings. The molecule has 0 aliphatic carbocycles. The maximum Gasteiger partial charge on any atom is 0.315 e. The highest BCUT2D eigenvalue weighted by Gasteiger charge is 2.43. The van der Waals surface area contributed by atoms with Crippen LogP contribution in [0.5, 0.6) is 5.75 Å². The number of aliphatic hydroxyl groups excluding tert-OH is 1. The lowest BCUT2D eigenvalue weighted by Crippen LogP contribution is -2.61. The molecule has 3 aliphatic rings. The number of phenolic OH excluding ortho intramolecular Hbond substituents is 1. The second-order valence-corrected chi connectivity index (χ2v) is 25.5. The van der Waals surface area contributed by atoms with Crippen LogP contribution in [0.15, 0.2) is 30.5 Å². The number of carboxylic acid groups (broad SMARTS) is 1. The number of urea groups is 1. The van der Waals surface area contributed by atoms with Crippen molar-refractivity contribution in [2.45, 2.75) is 202 Å². The summed E-state index contributed by atoms with van der Waals surface area (Å²) in [7, 11) is 0. The van der Waals surface area contributed by atoms with Crippen molar-refractivity contribution in [3.63, 3.8) is 0 Å². The zero-order valence-corrected chi connectivity index (χ0v) is 55.1. The smallest absolute Gasteiger partial charge is 0.315 e. The number of Topliss-reactive ketones (excluding diaryl/α,β-unsaturated/α-hetero) is 1. The molecule has 33 heteroatoms. The first-order valence-electron chi connectivity index (χ1n) is 33.0. The van der Waals surface area contributed by atoms with Crippen molar-refractivity contribution >= 4 is 76.7 Å². The lowest BCUT2D eigenvalue weighted by atomic mass is 9.90. The molecule has 530 valence electrons. The fourth-order valence-corrected chi connectivity index (χ4v) is 12.5. The molecule has 32 nitrogen and oxygen atoms in total. The molecule has 1 aromatic carbocycles. The summed E-state index contributed by atoms with van der Waals surface area (Å²) in [6.07, 6.45) is 4.62. The van der Waals surface area contributed by atoms with Crippen LogP contribution in [0.1, 0.15) is 134 Å². The largest absolute Gasteiger partial charge is 0.508 e. The Balaban J connectivity index is 1.19. The molecule has 9 amide bonds. The van der Waals surface area contributed by atoms with E-state index in [-0.39, 0.29) is 120 Å². The number of carbonyl (C=O) groups excluding carboxylic acids is 9. The van der Waals surface area contributed by atoms with Crippen molar-refractivity contribution in [1.29, 1.82) is 5.41 Å². The van der Waals surface area contributed by atoms with Gasteiger partial charge in [-0.3, -0.25) is 53.2 Å². The number of rotatable bonds is 34. The number of aliphatic carboxylic acids is 1. The van der Waals surface area contributed by atoms with Crippen molar-refractivity contribution in [1.82, 2.24) is 62.8 Å². The summed E-state index contributed by atoms with van der Waals surface area (Å²) in [6.45, 7) is 4.32. The summed E-state index contributed by atoms with van der Waals surface area (Å²) in [6, 6.07) is -2.72. The van der Waals surface area contributed by atoms with Crippen LogP contribution in [0.4, 0.5) is 4.79 Å². The quantitative estimate of drug-likeness (QED) is 0.0165. The van der Waals surface area contributed by atoms with Crippen molar-refractivity contribution in [3.8, 4) is 5.75 Å². The van der Waals surface area contributed by atoms with Gasteiger partial charge in [0.2, 0.25) is 41.4 Å². The summed E-state index contributed by atoms with van der Waals surface area (Å²) in [5, 5.41) is 71.9. The van der Waals surface area contributed by atoms with Crippen molar-refractivity contribution in [3.05, 3.63) is 41.7 Å². The van der Waals surface area contributed by atoms with Gasteiger partial charge in [0.05, 0.1) is 68.6 Å². The average Bonchev–Trinajstić information content (AvgIpc) is 1.70. The van der Waals surface area contributed by atoms with E-state index in [1.54, 1.807) is 6.20 Å². The normalized spacial score (nSPS) is 23.9. The molecule has 95 heavy (non-hydrogen) atoms. The van der Waals surface area contributed by atoms with Crippen LogP contribution < -0.4 is 65.1 Å². The fraction of sp³-hybridized carbons (Fsp3) is 0.694. The van der Waals surface area contributed by atoms with Crippen LogP contribution in [0.25, 0.3) is 0 Å². The van der Waals surface area contributed by atoms with Gasteiger partial charge in [-0.1, -0.05) is 30.2 Å². The van der Waals surface area contributed by atoms with Gasteiger partial charge in [0.25, 0.3) is 0 Å². The lowest BCUT2D eigenvalue weighted by Gasteiger charge is -2.28. The molecule has 4 heterocycles. The number of ether oxygens (including phenoxy) is 3. The van der Waals surface area contributed by atoms with E-state index in [1.165, 1.54) is 35.9 Å². The number of carbonyl (C=O) groups is 10. The van der Waals surface area contributed by atoms with E-state index < -0.39 is 108 Å². The van der Waals surface area contributed by atoms with E-state index in [0.29, 0.717) is 94.4 Å². The molecule has 1 aromatic heterocycles. The van der Waals surface area contributed by atoms with Crippen LogP contribution in [0.2, 0.25) is 0 Å². The molecule has 2 unspecified atom stereocenters. The van der Waals surface area contributed by atoms with Gasteiger partial charge in [-0.05, 0) is 115 Å². The minimum atomic E-state index is -1.81. The summed E-state index contributed by atoms with van der Waals surface area (Å²) in [5.41, 5.74) is 18.6. The number of aromatic nitrogens is 3. The van der Waals surface area contributed by atoms with Gasteiger partial charge in [-0.25, -0.2) is 4.79 Å². The third-order valence-electron chi connectivity index (χ3n) is 16.3. The predicted molar refractivity (Wildman–Crippen MR) is 349 cm³/mol. The van der Waals surface area contributed by atoms with Crippen LogP contribution in [0.3, 0.4) is 0 Å². The van der Waals surface area contributed by atoms with Crippen LogP contribution >= 0.6 is 11.8 Å². The summed E-state index contributed by atoms with van der Waals surface area (Å²) < 4.78 is 18.5. The highest BCUT2D eigenvalue weighted by molar-refractivity contribution is 8.00. The summed E-state index contributed by atoms with van der Waals surface area (Å²) in [5.74, 6) is -7.92. The van der Waals surface area contributed by atoms with E-state index in [1.807, 2.05) is 11.8 Å². The molecule has 2 fully saturated rings. The van der Waals surface area contributed by atoms with Gasteiger partial charge >= 0.3 is 12.0 Å². The van der Waals surface area contributed by atoms with E-state index >= 15 is 0 Å². The second-order valence-electron chi connectivity index (χ2n) is 24.2. The third-order valence-corrected chi connectivity index (χ3v) is 17.8. The Labute approximate surface area is 557 Å². The number of aryl methyl sites for hydroxylation is 1. The number of hydrogen-bond donors (Lipinski definition) is 16. The Kier molecular flexibility index (Phi) is 35.2. The monoisotopic (exact) mass is 1360 g/mol. The first-order valence-corrected chi connectivity index (χ1v) is 34.0. The second kappa shape index (κ2) is 42.8. The third kappa shape index (κ3) is 29.5. The number of amidine groups is 1. The molecule has 2 saturated heterocycles. The minimum Gasteiger partial charge on any atom is -0.508 e. The van der Waals surface area contributed by atoms with Gasteiger partial charge in [-0.15, -0.1) is 5.10 Å². The highest BCUT2D eigenvalue weighted by Crippen LogP contribution is 2.33.